The van der Waals surface area contributed by atoms with E-state index in [4.69, 9.17) is 0 Å². The number of fused-ring (bicyclic) bond motifs is 5. The van der Waals surface area contributed by atoms with Crippen molar-refractivity contribution in [1.82, 2.24) is 5.32 Å². The SMILES string of the molecule is CCC[C@@]1(O)CC[C@H]2[C@H](CC[C@@H]3[C@@H]2CC[C@]2(C)C([C@@H](C)N[C@H](C)c4ccccc4)CC[C@@H]32)C1. The highest BCUT2D eigenvalue weighted by atomic mass is 16.3. The molecule has 1 unspecified atom stereocenters. The summed E-state index contributed by atoms with van der Waals surface area (Å²) in [4.78, 5) is 0. The standard InChI is InChI=1S/C31H49NO/c1-5-17-31(33)19-16-25-24(20-31)11-12-27-26(25)15-18-30(4)28(13-14-29(27)30)22(3)32-21(2)23-9-7-6-8-10-23/h6-10,21-22,24-29,32-33H,5,11-20H2,1-4H3/t21-,22-,24-,25+,26-,27-,28?,29+,30-,31-/m1/s1. The molecule has 0 aromatic heterocycles. The highest BCUT2D eigenvalue weighted by Crippen LogP contribution is 2.65. The van der Waals surface area contributed by atoms with Crippen LogP contribution in [0.15, 0.2) is 30.3 Å². The average molecular weight is 452 g/mol. The van der Waals surface area contributed by atoms with Crippen LogP contribution in [0.2, 0.25) is 0 Å². The smallest absolute Gasteiger partial charge is 0.0650 e. The molecule has 0 amide bonds. The summed E-state index contributed by atoms with van der Waals surface area (Å²) in [6.07, 6.45) is 14.1. The molecule has 0 saturated heterocycles. The molecule has 2 heteroatoms. The Hall–Kier alpha value is -0.860. The van der Waals surface area contributed by atoms with Gasteiger partial charge in [-0.2, -0.15) is 0 Å². The van der Waals surface area contributed by atoms with Crippen LogP contribution in [0.3, 0.4) is 0 Å². The van der Waals surface area contributed by atoms with Crippen LogP contribution in [0.5, 0.6) is 0 Å². The van der Waals surface area contributed by atoms with Crippen molar-refractivity contribution in [2.45, 2.75) is 116 Å². The third kappa shape index (κ3) is 4.33. The lowest BCUT2D eigenvalue weighted by molar-refractivity contribution is -0.109. The first-order valence-corrected chi connectivity index (χ1v) is 14.4. The Morgan fingerprint density at radius 1 is 0.939 bits per heavy atom. The molecule has 1 aromatic carbocycles. The van der Waals surface area contributed by atoms with Gasteiger partial charge in [-0.1, -0.05) is 50.6 Å². The molecule has 0 heterocycles. The zero-order valence-corrected chi connectivity index (χ0v) is 21.7. The molecule has 0 aliphatic heterocycles. The highest BCUT2D eigenvalue weighted by molar-refractivity contribution is 5.18. The first kappa shape index (κ1) is 23.9. The molecule has 5 rings (SSSR count). The van der Waals surface area contributed by atoms with Gasteiger partial charge >= 0.3 is 0 Å². The van der Waals surface area contributed by atoms with Gasteiger partial charge in [-0.3, -0.25) is 0 Å². The van der Waals surface area contributed by atoms with Crippen LogP contribution in [0.4, 0.5) is 0 Å². The van der Waals surface area contributed by atoms with Crippen LogP contribution in [0.1, 0.15) is 110 Å². The number of benzene rings is 1. The molecule has 2 N–H and O–H groups in total. The molecule has 33 heavy (non-hydrogen) atoms. The fourth-order valence-corrected chi connectivity index (χ4v) is 9.87. The third-order valence-electron chi connectivity index (χ3n) is 11.3. The summed E-state index contributed by atoms with van der Waals surface area (Å²) in [5, 5.41) is 15.1. The van der Waals surface area contributed by atoms with E-state index >= 15 is 0 Å². The van der Waals surface area contributed by atoms with Gasteiger partial charge in [0.15, 0.2) is 0 Å². The average Bonchev–Trinajstić information content (AvgIpc) is 3.16. The van der Waals surface area contributed by atoms with Crippen molar-refractivity contribution in [1.29, 1.82) is 0 Å². The molecular formula is C31H49NO. The van der Waals surface area contributed by atoms with Gasteiger partial charge in [-0.15, -0.1) is 0 Å². The van der Waals surface area contributed by atoms with Crippen molar-refractivity contribution in [3.63, 3.8) is 0 Å². The van der Waals surface area contributed by atoms with Gasteiger partial charge < -0.3 is 10.4 Å². The predicted octanol–water partition coefficient (Wildman–Crippen LogP) is 7.53. The van der Waals surface area contributed by atoms with Gasteiger partial charge in [0.2, 0.25) is 0 Å². The molecule has 1 aromatic rings. The molecule has 184 valence electrons. The van der Waals surface area contributed by atoms with Gasteiger partial charge in [0.1, 0.15) is 0 Å². The topological polar surface area (TPSA) is 32.3 Å². The summed E-state index contributed by atoms with van der Waals surface area (Å²) in [6, 6.07) is 12.0. The molecule has 10 atom stereocenters. The van der Waals surface area contributed by atoms with E-state index in [1.54, 1.807) is 0 Å². The molecule has 2 nitrogen and oxygen atoms in total. The Labute approximate surface area is 203 Å². The van der Waals surface area contributed by atoms with E-state index in [1.165, 1.54) is 50.5 Å². The van der Waals surface area contributed by atoms with Crippen LogP contribution in [-0.2, 0) is 0 Å². The lowest BCUT2D eigenvalue weighted by Crippen LogP contribution is -2.52. The summed E-state index contributed by atoms with van der Waals surface area (Å²) in [7, 11) is 0. The maximum Gasteiger partial charge on any atom is 0.0650 e. The van der Waals surface area contributed by atoms with Gasteiger partial charge in [0, 0.05) is 12.1 Å². The maximum absolute atomic E-state index is 11.1. The zero-order chi connectivity index (χ0) is 23.2. The predicted molar refractivity (Wildman–Crippen MR) is 138 cm³/mol. The summed E-state index contributed by atoms with van der Waals surface area (Å²) >= 11 is 0. The molecule has 0 spiro atoms. The molecular weight excluding hydrogens is 402 g/mol. The van der Waals surface area contributed by atoms with E-state index in [9.17, 15) is 5.11 Å². The minimum atomic E-state index is -0.346. The Morgan fingerprint density at radius 2 is 1.70 bits per heavy atom. The Kier molecular flexibility index (Phi) is 6.73. The number of hydrogen-bond acceptors (Lipinski definition) is 2. The van der Waals surface area contributed by atoms with E-state index in [-0.39, 0.29) is 5.60 Å². The van der Waals surface area contributed by atoms with Crippen LogP contribution < -0.4 is 5.32 Å². The fraction of sp³-hybridized carbons (Fsp3) is 0.806. The molecule has 4 saturated carbocycles. The van der Waals surface area contributed by atoms with Gasteiger partial charge in [0.05, 0.1) is 5.60 Å². The van der Waals surface area contributed by atoms with E-state index in [1.807, 2.05) is 0 Å². The monoisotopic (exact) mass is 451 g/mol. The second-order valence-corrected chi connectivity index (χ2v) is 13.0. The number of nitrogens with one attached hydrogen (secondary N) is 1. The number of aliphatic hydroxyl groups is 1. The van der Waals surface area contributed by atoms with E-state index in [0.29, 0.717) is 17.5 Å². The minimum absolute atomic E-state index is 0.346. The fourth-order valence-electron chi connectivity index (χ4n) is 9.87. The summed E-state index contributed by atoms with van der Waals surface area (Å²) in [6.45, 7) is 9.71. The second-order valence-electron chi connectivity index (χ2n) is 13.0. The zero-order valence-electron chi connectivity index (χ0n) is 21.7. The minimum Gasteiger partial charge on any atom is -0.390 e. The molecule has 4 fully saturated rings. The van der Waals surface area contributed by atoms with Crippen LogP contribution in [-0.4, -0.2) is 16.7 Å². The summed E-state index contributed by atoms with van der Waals surface area (Å²) in [5.41, 5.74) is 1.57. The van der Waals surface area contributed by atoms with Crippen molar-refractivity contribution in [3.8, 4) is 0 Å². The van der Waals surface area contributed by atoms with Crippen molar-refractivity contribution < 1.29 is 5.11 Å². The second kappa shape index (κ2) is 9.30. The van der Waals surface area contributed by atoms with Gasteiger partial charge in [0.25, 0.3) is 0 Å². The molecule has 0 bridgehead atoms. The first-order valence-electron chi connectivity index (χ1n) is 14.4. The van der Waals surface area contributed by atoms with Crippen molar-refractivity contribution >= 4 is 0 Å². The van der Waals surface area contributed by atoms with Gasteiger partial charge in [-0.25, -0.2) is 0 Å². The van der Waals surface area contributed by atoms with E-state index in [2.05, 4.69) is 63.3 Å². The molecule has 4 aliphatic carbocycles. The van der Waals surface area contributed by atoms with Crippen LogP contribution in [0.25, 0.3) is 0 Å². The lowest BCUT2D eigenvalue weighted by atomic mass is 9.48. The molecule has 4 aliphatic rings. The van der Waals surface area contributed by atoms with Gasteiger partial charge in [-0.05, 0) is 125 Å². The van der Waals surface area contributed by atoms with E-state index in [0.717, 1.165) is 61.2 Å². The number of rotatable bonds is 6. The first-order chi connectivity index (χ1) is 15.8. The maximum atomic E-state index is 11.1. The highest BCUT2D eigenvalue weighted by Gasteiger charge is 2.58. The summed E-state index contributed by atoms with van der Waals surface area (Å²) < 4.78 is 0. The van der Waals surface area contributed by atoms with Crippen LogP contribution >= 0.6 is 0 Å². The van der Waals surface area contributed by atoms with Crippen molar-refractivity contribution in [3.05, 3.63) is 35.9 Å². The lowest BCUT2D eigenvalue weighted by Gasteiger charge is -2.57. The van der Waals surface area contributed by atoms with E-state index < -0.39 is 0 Å². The Morgan fingerprint density at radius 3 is 2.45 bits per heavy atom. The Balaban J connectivity index is 1.26. The van der Waals surface area contributed by atoms with Crippen molar-refractivity contribution in [2.24, 2.45) is 40.9 Å². The molecule has 0 radical (unpaired) electrons. The van der Waals surface area contributed by atoms with Crippen molar-refractivity contribution in [2.75, 3.05) is 0 Å². The Bertz CT molecular complexity index is 793. The quantitative estimate of drug-likeness (QED) is 0.468. The number of hydrogen-bond donors (Lipinski definition) is 2. The largest absolute Gasteiger partial charge is 0.390 e. The van der Waals surface area contributed by atoms with Crippen LogP contribution in [0, 0.1) is 40.9 Å². The summed E-state index contributed by atoms with van der Waals surface area (Å²) in [5.74, 6) is 5.32. The third-order valence-corrected chi connectivity index (χ3v) is 11.3. The normalized spacial score (nSPS) is 44.4.